The zero-order valence-electron chi connectivity index (χ0n) is 10.9. The molecule has 1 aliphatic rings. The Hall–Kier alpha value is -1.26. The van der Waals surface area contributed by atoms with Crippen LogP contribution in [0.4, 0.5) is 4.79 Å². The van der Waals surface area contributed by atoms with Gasteiger partial charge in [0.05, 0.1) is 6.61 Å². The summed E-state index contributed by atoms with van der Waals surface area (Å²) in [7, 11) is 0. The van der Waals surface area contributed by atoms with Gasteiger partial charge in [0.15, 0.2) is 0 Å². The average Bonchev–Trinajstić information content (AvgIpc) is 2.37. The summed E-state index contributed by atoms with van der Waals surface area (Å²) in [5.74, 6) is 0.264. The van der Waals surface area contributed by atoms with Gasteiger partial charge in [0, 0.05) is 32.1 Å². The van der Waals surface area contributed by atoms with E-state index in [2.05, 4.69) is 0 Å². The third-order valence-corrected chi connectivity index (χ3v) is 3.15. The lowest BCUT2D eigenvalue weighted by molar-refractivity contribution is -0.136. The number of amides is 2. The maximum atomic E-state index is 11.9. The van der Waals surface area contributed by atoms with Crippen molar-refractivity contribution in [2.75, 3.05) is 32.8 Å². The van der Waals surface area contributed by atoms with Crippen LogP contribution < -0.4 is 0 Å². The molecular formula is C12H22N2O3. The normalized spacial score (nSPS) is 17.8. The van der Waals surface area contributed by atoms with Crippen LogP contribution in [-0.4, -0.2) is 54.6 Å². The van der Waals surface area contributed by atoms with E-state index in [1.807, 2.05) is 18.7 Å². The lowest BCUT2D eigenvalue weighted by Gasteiger charge is -2.35. The summed E-state index contributed by atoms with van der Waals surface area (Å²) in [6, 6.07) is 0. The Morgan fingerprint density at radius 2 is 1.65 bits per heavy atom. The van der Waals surface area contributed by atoms with Crippen LogP contribution in [0.3, 0.4) is 0 Å². The summed E-state index contributed by atoms with van der Waals surface area (Å²) in [5.41, 5.74) is 0. The molecule has 1 rings (SSSR count). The van der Waals surface area contributed by atoms with E-state index in [9.17, 15) is 9.59 Å². The highest BCUT2D eigenvalue weighted by atomic mass is 16.6. The Morgan fingerprint density at radius 3 is 2.12 bits per heavy atom. The Balaban J connectivity index is 2.40. The first-order valence-corrected chi connectivity index (χ1v) is 6.30. The third-order valence-electron chi connectivity index (χ3n) is 3.15. The van der Waals surface area contributed by atoms with Crippen LogP contribution in [0, 0.1) is 5.92 Å². The molecule has 0 aromatic carbocycles. The smallest absolute Gasteiger partial charge is 0.409 e. The third kappa shape index (κ3) is 3.61. The van der Waals surface area contributed by atoms with Gasteiger partial charge in [0.2, 0.25) is 5.91 Å². The minimum Gasteiger partial charge on any atom is -0.450 e. The summed E-state index contributed by atoms with van der Waals surface area (Å²) >= 11 is 0. The van der Waals surface area contributed by atoms with E-state index in [1.165, 1.54) is 0 Å². The molecule has 1 atom stereocenters. The van der Waals surface area contributed by atoms with E-state index in [1.54, 1.807) is 11.8 Å². The van der Waals surface area contributed by atoms with Crippen LogP contribution in [0.1, 0.15) is 27.2 Å². The molecule has 5 heteroatoms. The van der Waals surface area contributed by atoms with Gasteiger partial charge in [-0.25, -0.2) is 4.79 Å². The number of hydrogen-bond acceptors (Lipinski definition) is 3. The van der Waals surface area contributed by atoms with Gasteiger partial charge in [0.1, 0.15) is 0 Å². The van der Waals surface area contributed by atoms with Crippen molar-refractivity contribution in [3.8, 4) is 0 Å². The molecule has 1 fully saturated rings. The first kappa shape index (κ1) is 13.8. The minimum absolute atomic E-state index is 0.0733. The molecule has 17 heavy (non-hydrogen) atoms. The minimum atomic E-state index is -0.275. The van der Waals surface area contributed by atoms with Crippen LogP contribution >= 0.6 is 0 Å². The number of carbonyl (C=O) groups is 2. The van der Waals surface area contributed by atoms with Gasteiger partial charge >= 0.3 is 6.09 Å². The molecule has 0 unspecified atom stereocenters. The quantitative estimate of drug-likeness (QED) is 0.750. The van der Waals surface area contributed by atoms with E-state index < -0.39 is 0 Å². The standard InChI is InChI=1S/C12H22N2O3/c1-4-10(3)11(15)13-6-8-14(9-7-13)12(16)17-5-2/h10H,4-9H2,1-3H3/t10-/m1/s1. The zero-order chi connectivity index (χ0) is 12.8. The molecule has 1 aliphatic heterocycles. The Morgan fingerprint density at radius 1 is 1.12 bits per heavy atom. The number of nitrogens with zero attached hydrogens (tertiary/aromatic N) is 2. The lowest BCUT2D eigenvalue weighted by atomic mass is 10.1. The van der Waals surface area contributed by atoms with Gasteiger partial charge in [-0.2, -0.15) is 0 Å². The van der Waals surface area contributed by atoms with Crippen LogP contribution in [-0.2, 0) is 9.53 Å². The SMILES string of the molecule is CCOC(=O)N1CCN(C(=O)[C@H](C)CC)CC1. The number of rotatable bonds is 3. The fourth-order valence-corrected chi connectivity index (χ4v) is 1.81. The molecule has 98 valence electrons. The maximum Gasteiger partial charge on any atom is 0.409 e. The van der Waals surface area contributed by atoms with Crippen molar-refractivity contribution in [3.05, 3.63) is 0 Å². The highest BCUT2D eigenvalue weighted by molar-refractivity contribution is 5.78. The summed E-state index contributed by atoms with van der Waals surface area (Å²) in [4.78, 5) is 26.9. The predicted octanol–water partition coefficient (Wildman–Crippen LogP) is 1.33. The molecule has 0 saturated carbocycles. The first-order valence-electron chi connectivity index (χ1n) is 6.30. The Labute approximate surface area is 103 Å². The molecule has 1 saturated heterocycles. The highest BCUT2D eigenvalue weighted by Gasteiger charge is 2.26. The second kappa shape index (κ2) is 6.47. The van der Waals surface area contributed by atoms with Gasteiger partial charge in [-0.1, -0.05) is 13.8 Å². The highest BCUT2D eigenvalue weighted by Crippen LogP contribution is 2.10. The molecule has 2 amide bonds. The zero-order valence-corrected chi connectivity index (χ0v) is 10.9. The molecule has 0 spiro atoms. The van der Waals surface area contributed by atoms with E-state index in [4.69, 9.17) is 4.74 Å². The molecule has 5 nitrogen and oxygen atoms in total. The number of ether oxygens (including phenoxy) is 1. The fraction of sp³-hybridized carbons (Fsp3) is 0.833. The Kier molecular flexibility index (Phi) is 5.25. The monoisotopic (exact) mass is 242 g/mol. The molecule has 1 heterocycles. The number of carbonyl (C=O) groups excluding carboxylic acids is 2. The maximum absolute atomic E-state index is 11.9. The van der Waals surface area contributed by atoms with E-state index >= 15 is 0 Å². The van der Waals surface area contributed by atoms with Crippen molar-refractivity contribution in [1.29, 1.82) is 0 Å². The fourth-order valence-electron chi connectivity index (χ4n) is 1.81. The molecule has 0 aromatic rings. The lowest BCUT2D eigenvalue weighted by Crippen LogP contribution is -2.51. The first-order chi connectivity index (χ1) is 8.10. The largest absolute Gasteiger partial charge is 0.450 e. The van der Waals surface area contributed by atoms with Crippen molar-refractivity contribution in [1.82, 2.24) is 9.80 Å². The number of hydrogen-bond donors (Lipinski definition) is 0. The molecular weight excluding hydrogens is 220 g/mol. The van der Waals surface area contributed by atoms with Crippen LogP contribution in [0.25, 0.3) is 0 Å². The van der Waals surface area contributed by atoms with Crippen LogP contribution in [0.5, 0.6) is 0 Å². The van der Waals surface area contributed by atoms with Gasteiger partial charge < -0.3 is 14.5 Å². The van der Waals surface area contributed by atoms with Gasteiger partial charge in [0.25, 0.3) is 0 Å². The van der Waals surface area contributed by atoms with Crippen molar-refractivity contribution in [3.63, 3.8) is 0 Å². The summed E-state index contributed by atoms with van der Waals surface area (Å²) in [6.45, 7) is 8.51. The second-order valence-corrected chi connectivity index (χ2v) is 4.32. The van der Waals surface area contributed by atoms with Gasteiger partial charge in [-0.05, 0) is 13.3 Å². The summed E-state index contributed by atoms with van der Waals surface area (Å²) in [5, 5.41) is 0. The van der Waals surface area contributed by atoms with Crippen molar-refractivity contribution in [2.24, 2.45) is 5.92 Å². The molecule has 0 aliphatic carbocycles. The molecule has 0 N–H and O–H groups in total. The van der Waals surface area contributed by atoms with E-state index in [0.717, 1.165) is 6.42 Å². The topological polar surface area (TPSA) is 49.9 Å². The molecule has 0 bridgehead atoms. The summed E-state index contributed by atoms with van der Waals surface area (Å²) in [6.07, 6.45) is 0.583. The second-order valence-electron chi connectivity index (χ2n) is 4.32. The van der Waals surface area contributed by atoms with Crippen LogP contribution in [0.2, 0.25) is 0 Å². The van der Waals surface area contributed by atoms with Crippen molar-refractivity contribution in [2.45, 2.75) is 27.2 Å². The number of piperazine rings is 1. The predicted molar refractivity (Wildman–Crippen MR) is 64.6 cm³/mol. The van der Waals surface area contributed by atoms with Crippen molar-refractivity contribution >= 4 is 12.0 Å². The van der Waals surface area contributed by atoms with Gasteiger partial charge in [-0.15, -0.1) is 0 Å². The van der Waals surface area contributed by atoms with Crippen molar-refractivity contribution < 1.29 is 14.3 Å². The van der Waals surface area contributed by atoms with Gasteiger partial charge in [-0.3, -0.25) is 4.79 Å². The molecule has 0 aromatic heterocycles. The average molecular weight is 242 g/mol. The summed E-state index contributed by atoms with van der Waals surface area (Å²) < 4.78 is 4.93. The van der Waals surface area contributed by atoms with E-state index in [-0.39, 0.29) is 17.9 Å². The van der Waals surface area contributed by atoms with Crippen LogP contribution in [0.15, 0.2) is 0 Å². The van der Waals surface area contributed by atoms with E-state index in [0.29, 0.717) is 32.8 Å². The Bertz CT molecular complexity index is 273. The molecule has 0 radical (unpaired) electrons.